The molecular weight excluding hydrogens is 254 g/mol. The highest BCUT2D eigenvalue weighted by atomic mass is 16.6. The van der Waals surface area contributed by atoms with E-state index in [1.54, 1.807) is 20.8 Å². The van der Waals surface area contributed by atoms with Gasteiger partial charge in [0.15, 0.2) is 0 Å². The minimum atomic E-state index is -1.14. The maximum Gasteiger partial charge on any atom is 0.414 e. The van der Waals surface area contributed by atoms with Crippen LogP contribution in [-0.2, 0) is 16.0 Å². The van der Waals surface area contributed by atoms with Gasteiger partial charge in [-0.2, -0.15) is 0 Å². The minimum absolute atomic E-state index is 0.00207. The number of nitrogens with zero attached hydrogens (tertiary/aromatic N) is 1. The third kappa shape index (κ3) is 5.19. The zero-order chi connectivity index (χ0) is 14.6. The van der Waals surface area contributed by atoms with Gasteiger partial charge in [0.05, 0.1) is 6.42 Å². The van der Waals surface area contributed by atoms with Gasteiger partial charge in [-0.1, -0.05) is 0 Å². The number of H-pyrrole nitrogens is 1. The van der Waals surface area contributed by atoms with Gasteiger partial charge >= 0.3 is 12.1 Å². The number of carbonyl (C=O) groups excluding carboxylic acids is 1. The van der Waals surface area contributed by atoms with Crippen LogP contribution in [-0.4, -0.2) is 32.7 Å². The number of nitrogens with one attached hydrogen (secondary N) is 2. The number of hydrogen-bond donors (Lipinski definition) is 3. The van der Waals surface area contributed by atoms with Crippen LogP contribution in [0.3, 0.4) is 0 Å². The Morgan fingerprint density at radius 3 is 2.58 bits per heavy atom. The van der Waals surface area contributed by atoms with Gasteiger partial charge in [0.1, 0.15) is 5.60 Å². The molecule has 0 unspecified atom stereocenters. The molecule has 0 saturated carbocycles. The fraction of sp³-hybridized carbons (Fsp3) is 0.455. The first-order chi connectivity index (χ1) is 8.67. The zero-order valence-corrected chi connectivity index (χ0v) is 10.8. The van der Waals surface area contributed by atoms with Crippen LogP contribution < -0.4 is 10.9 Å². The number of carbonyl (C=O) groups is 2. The van der Waals surface area contributed by atoms with Crippen molar-refractivity contribution in [2.75, 3.05) is 5.32 Å². The van der Waals surface area contributed by atoms with Gasteiger partial charge in [-0.3, -0.25) is 19.9 Å². The van der Waals surface area contributed by atoms with Crippen molar-refractivity contribution in [3.63, 3.8) is 0 Å². The van der Waals surface area contributed by atoms with Crippen LogP contribution in [0.1, 0.15) is 26.3 Å². The summed E-state index contributed by atoms with van der Waals surface area (Å²) in [7, 11) is 0. The minimum Gasteiger partial charge on any atom is -0.481 e. The summed E-state index contributed by atoms with van der Waals surface area (Å²) in [5, 5.41) is 10.8. The van der Waals surface area contributed by atoms with Crippen molar-refractivity contribution in [2.24, 2.45) is 0 Å². The van der Waals surface area contributed by atoms with Gasteiger partial charge in [-0.15, -0.1) is 0 Å². The molecule has 8 nitrogen and oxygen atoms in total. The first-order valence-corrected chi connectivity index (χ1v) is 5.47. The molecule has 0 bridgehead atoms. The molecule has 0 aliphatic rings. The lowest BCUT2D eigenvalue weighted by Gasteiger charge is -2.19. The summed E-state index contributed by atoms with van der Waals surface area (Å²) in [6.45, 7) is 5.08. The van der Waals surface area contributed by atoms with Crippen molar-refractivity contribution in [1.29, 1.82) is 0 Å². The Labute approximate surface area is 108 Å². The monoisotopic (exact) mass is 269 g/mol. The van der Waals surface area contributed by atoms with E-state index in [1.807, 2.05) is 0 Å². The molecule has 0 radical (unpaired) electrons. The van der Waals surface area contributed by atoms with Crippen LogP contribution in [0.5, 0.6) is 0 Å². The summed E-state index contributed by atoms with van der Waals surface area (Å²) in [4.78, 5) is 39.4. The van der Waals surface area contributed by atoms with Crippen molar-refractivity contribution < 1.29 is 19.4 Å². The summed E-state index contributed by atoms with van der Waals surface area (Å²) < 4.78 is 4.97. The van der Waals surface area contributed by atoms with E-state index < -0.39 is 29.6 Å². The first-order valence-electron chi connectivity index (χ1n) is 5.47. The fourth-order valence-corrected chi connectivity index (χ4v) is 1.17. The van der Waals surface area contributed by atoms with Crippen molar-refractivity contribution in [2.45, 2.75) is 32.8 Å². The highest BCUT2D eigenvalue weighted by Gasteiger charge is 2.17. The van der Waals surface area contributed by atoms with Crippen molar-refractivity contribution in [3.05, 3.63) is 22.1 Å². The van der Waals surface area contributed by atoms with Gasteiger partial charge < -0.3 is 9.84 Å². The molecule has 0 aliphatic carbocycles. The normalized spacial score (nSPS) is 10.9. The van der Waals surface area contributed by atoms with Gasteiger partial charge in [0.2, 0.25) is 5.95 Å². The smallest absolute Gasteiger partial charge is 0.414 e. The van der Waals surface area contributed by atoms with Crippen LogP contribution >= 0.6 is 0 Å². The van der Waals surface area contributed by atoms with E-state index in [0.29, 0.717) is 0 Å². The average molecular weight is 269 g/mol. The molecule has 104 valence electrons. The third-order valence-corrected chi connectivity index (χ3v) is 1.83. The lowest BCUT2D eigenvalue weighted by Crippen LogP contribution is -2.29. The second-order valence-corrected chi connectivity index (χ2v) is 4.78. The van der Waals surface area contributed by atoms with E-state index in [2.05, 4.69) is 15.3 Å². The second-order valence-electron chi connectivity index (χ2n) is 4.78. The van der Waals surface area contributed by atoms with Crippen molar-refractivity contribution in [1.82, 2.24) is 9.97 Å². The molecule has 19 heavy (non-hydrogen) atoms. The standard InChI is InChI=1S/C11H15N3O5/c1-11(2,3)19-10(18)14-9-12-5-6(4-7(15)16)8(17)13-9/h5H,4H2,1-3H3,(H,15,16)(H2,12,13,14,17,18). The Bertz CT molecular complexity index is 544. The molecule has 0 saturated heterocycles. The average Bonchev–Trinajstić information content (AvgIpc) is 2.18. The number of rotatable bonds is 3. The number of aromatic nitrogens is 2. The maximum absolute atomic E-state index is 11.5. The largest absolute Gasteiger partial charge is 0.481 e. The SMILES string of the molecule is CC(C)(C)OC(=O)Nc1ncc(CC(=O)O)c(=O)[nH]1. The summed E-state index contributed by atoms with van der Waals surface area (Å²) >= 11 is 0. The van der Waals surface area contributed by atoms with Crippen LogP contribution in [0.4, 0.5) is 10.7 Å². The van der Waals surface area contributed by atoms with E-state index in [0.717, 1.165) is 6.20 Å². The topological polar surface area (TPSA) is 121 Å². The Kier molecular flexibility index (Phi) is 4.26. The molecule has 0 aliphatic heterocycles. The molecule has 1 heterocycles. The second kappa shape index (κ2) is 5.51. The molecule has 0 atom stereocenters. The van der Waals surface area contributed by atoms with Crippen LogP contribution in [0.25, 0.3) is 0 Å². The zero-order valence-electron chi connectivity index (χ0n) is 10.8. The van der Waals surface area contributed by atoms with E-state index >= 15 is 0 Å². The Balaban J connectivity index is 2.76. The summed E-state index contributed by atoms with van der Waals surface area (Å²) in [5.74, 6) is -1.24. The Hall–Kier alpha value is -2.38. The van der Waals surface area contributed by atoms with Crippen LogP contribution in [0.2, 0.25) is 0 Å². The van der Waals surface area contributed by atoms with Crippen molar-refractivity contribution >= 4 is 18.0 Å². The predicted octanol–water partition coefficient (Wildman–Crippen LogP) is 0.744. The molecule has 0 spiro atoms. The summed E-state index contributed by atoms with van der Waals surface area (Å²) in [6.07, 6.45) is -0.101. The molecule has 1 aromatic heterocycles. The number of carboxylic acid groups (broad SMARTS) is 1. The number of aliphatic carboxylic acids is 1. The van der Waals surface area contributed by atoms with E-state index in [1.165, 1.54) is 0 Å². The molecule has 3 N–H and O–H groups in total. The lowest BCUT2D eigenvalue weighted by molar-refractivity contribution is -0.136. The van der Waals surface area contributed by atoms with Crippen LogP contribution in [0, 0.1) is 0 Å². The number of carboxylic acids is 1. The molecule has 1 aromatic rings. The Morgan fingerprint density at radius 2 is 2.11 bits per heavy atom. The molecule has 8 heteroatoms. The van der Waals surface area contributed by atoms with Gasteiger partial charge in [-0.25, -0.2) is 9.78 Å². The van der Waals surface area contributed by atoms with E-state index in [-0.39, 0.29) is 11.5 Å². The quantitative estimate of drug-likeness (QED) is 0.744. The molecule has 0 fully saturated rings. The number of amides is 1. The van der Waals surface area contributed by atoms with Gasteiger partial charge in [0, 0.05) is 11.8 Å². The molecule has 0 aromatic carbocycles. The first kappa shape index (κ1) is 14.7. The predicted molar refractivity (Wildman–Crippen MR) is 66.1 cm³/mol. The van der Waals surface area contributed by atoms with E-state index in [4.69, 9.17) is 9.84 Å². The fourth-order valence-electron chi connectivity index (χ4n) is 1.17. The maximum atomic E-state index is 11.5. The molecule has 1 rings (SSSR count). The highest BCUT2D eigenvalue weighted by Crippen LogP contribution is 2.08. The number of ether oxygens (including phenoxy) is 1. The molecule has 1 amide bonds. The third-order valence-electron chi connectivity index (χ3n) is 1.83. The summed E-state index contributed by atoms with van der Waals surface area (Å²) in [5.41, 5.74) is -1.29. The summed E-state index contributed by atoms with van der Waals surface area (Å²) in [6, 6.07) is 0. The number of anilines is 1. The van der Waals surface area contributed by atoms with Gasteiger partial charge in [-0.05, 0) is 20.8 Å². The highest BCUT2D eigenvalue weighted by molar-refractivity contribution is 5.82. The van der Waals surface area contributed by atoms with Crippen LogP contribution in [0.15, 0.2) is 11.0 Å². The Morgan fingerprint density at radius 1 is 1.47 bits per heavy atom. The lowest BCUT2D eigenvalue weighted by atomic mass is 10.2. The van der Waals surface area contributed by atoms with Crippen molar-refractivity contribution in [3.8, 4) is 0 Å². The number of hydrogen-bond acceptors (Lipinski definition) is 5. The van der Waals surface area contributed by atoms with E-state index in [9.17, 15) is 14.4 Å². The number of aromatic amines is 1. The molecular formula is C11H15N3O5. The van der Waals surface area contributed by atoms with Gasteiger partial charge in [0.25, 0.3) is 5.56 Å².